The Morgan fingerprint density at radius 2 is 2.19 bits per heavy atom. The number of rotatable bonds is 8. The predicted molar refractivity (Wildman–Crippen MR) is 79.2 cm³/mol. The van der Waals surface area contributed by atoms with Crippen molar-refractivity contribution in [2.45, 2.75) is 25.5 Å². The molecule has 1 heterocycles. The maximum atomic E-state index is 10.6. The number of ether oxygens (including phenoxy) is 2. The minimum absolute atomic E-state index is 0.126. The van der Waals surface area contributed by atoms with Gasteiger partial charge in [-0.15, -0.1) is 0 Å². The molecular formula is C15H22N2O4. The highest BCUT2D eigenvalue weighted by molar-refractivity contribution is 5.32. The molecule has 2 rings (SSSR count). The molecule has 1 aliphatic rings. The molecule has 116 valence electrons. The Hall–Kier alpha value is -1.50. The van der Waals surface area contributed by atoms with Gasteiger partial charge in [0.15, 0.2) is 0 Å². The van der Waals surface area contributed by atoms with E-state index in [1.807, 2.05) is 7.05 Å². The SMILES string of the molecule is CN(CCOC[C@@H]1CCCO1)Cc1ccc([N+](=O)[O-])cc1. The number of benzene rings is 1. The van der Waals surface area contributed by atoms with E-state index in [1.165, 1.54) is 12.1 Å². The summed E-state index contributed by atoms with van der Waals surface area (Å²) in [6, 6.07) is 6.66. The molecule has 0 radical (unpaired) electrons. The molecule has 0 N–H and O–H groups in total. The quantitative estimate of drug-likeness (QED) is 0.418. The maximum Gasteiger partial charge on any atom is 0.269 e. The van der Waals surface area contributed by atoms with Gasteiger partial charge in [0.1, 0.15) is 0 Å². The Balaban J connectivity index is 1.64. The fourth-order valence-electron chi connectivity index (χ4n) is 2.32. The van der Waals surface area contributed by atoms with Gasteiger partial charge in [0, 0.05) is 31.8 Å². The second kappa shape index (κ2) is 8.07. The number of nitro groups is 1. The van der Waals surface area contributed by atoms with Crippen molar-refractivity contribution >= 4 is 5.69 Å². The lowest BCUT2D eigenvalue weighted by molar-refractivity contribution is -0.384. The fraction of sp³-hybridized carbons (Fsp3) is 0.600. The molecule has 0 unspecified atom stereocenters. The van der Waals surface area contributed by atoms with Crippen molar-refractivity contribution in [3.05, 3.63) is 39.9 Å². The monoisotopic (exact) mass is 294 g/mol. The lowest BCUT2D eigenvalue weighted by Gasteiger charge is -2.17. The van der Waals surface area contributed by atoms with E-state index in [2.05, 4.69) is 4.90 Å². The molecule has 0 aromatic heterocycles. The van der Waals surface area contributed by atoms with Crippen molar-refractivity contribution in [2.24, 2.45) is 0 Å². The van der Waals surface area contributed by atoms with E-state index in [4.69, 9.17) is 9.47 Å². The summed E-state index contributed by atoms with van der Waals surface area (Å²) in [5, 5.41) is 10.6. The Morgan fingerprint density at radius 1 is 1.43 bits per heavy atom. The van der Waals surface area contributed by atoms with Crippen LogP contribution in [-0.2, 0) is 16.0 Å². The third kappa shape index (κ3) is 5.41. The predicted octanol–water partition coefficient (Wildman–Crippen LogP) is 2.22. The number of nitro benzene ring substituents is 1. The summed E-state index contributed by atoms with van der Waals surface area (Å²) in [5.74, 6) is 0. The molecule has 1 atom stereocenters. The van der Waals surface area contributed by atoms with E-state index in [1.54, 1.807) is 12.1 Å². The molecule has 21 heavy (non-hydrogen) atoms. The van der Waals surface area contributed by atoms with Crippen LogP contribution in [-0.4, -0.2) is 49.3 Å². The van der Waals surface area contributed by atoms with Crippen molar-refractivity contribution in [1.29, 1.82) is 0 Å². The van der Waals surface area contributed by atoms with Gasteiger partial charge in [-0.1, -0.05) is 12.1 Å². The third-order valence-electron chi connectivity index (χ3n) is 3.54. The van der Waals surface area contributed by atoms with Gasteiger partial charge in [0.2, 0.25) is 0 Å². The zero-order chi connectivity index (χ0) is 15.1. The van der Waals surface area contributed by atoms with E-state index < -0.39 is 0 Å². The topological polar surface area (TPSA) is 64.8 Å². The number of hydrogen-bond acceptors (Lipinski definition) is 5. The van der Waals surface area contributed by atoms with Crippen LogP contribution in [0, 0.1) is 10.1 Å². The Morgan fingerprint density at radius 3 is 2.81 bits per heavy atom. The van der Waals surface area contributed by atoms with Crippen LogP contribution in [0.25, 0.3) is 0 Å². The smallest absolute Gasteiger partial charge is 0.269 e. The summed E-state index contributed by atoms with van der Waals surface area (Å²) < 4.78 is 11.1. The van der Waals surface area contributed by atoms with Gasteiger partial charge in [-0.2, -0.15) is 0 Å². The standard InChI is InChI=1S/C15H22N2O4/c1-16(8-10-20-12-15-3-2-9-21-15)11-13-4-6-14(7-5-13)17(18)19/h4-7,15H,2-3,8-12H2,1H3/t15-/m0/s1. The molecule has 6 heteroatoms. The summed E-state index contributed by atoms with van der Waals surface area (Å²) in [5.41, 5.74) is 1.18. The van der Waals surface area contributed by atoms with Crippen molar-refractivity contribution in [2.75, 3.05) is 33.4 Å². The normalized spacial score (nSPS) is 18.3. The van der Waals surface area contributed by atoms with Crippen LogP contribution in [0.3, 0.4) is 0 Å². The largest absolute Gasteiger partial charge is 0.377 e. The molecule has 0 saturated carbocycles. The Kier molecular flexibility index (Phi) is 6.10. The fourth-order valence-corrected chi connectivity index (χ4v) is 2.32. The van der Waals surface area contributed by atoms with Crippen LogP contribution in [0.5, 0.6) is 0 Å². The molecular weight excluding hydrogens is 272 g/mol. The van der Waals surface area contributed by atoms with Crippen LogP contribution < -0.4 is 0 Å². The van der Waals surface area contributed by atoms with Gasteiger partial charge >= 0.3 is 0 Å². The first-order valence-corrected chi connectivity index (χ1v) is 7.26. The van der Waals surface area contributed by atoms with E-state index in [9.17, 15) is 10.1 Å². The third-order valence-corrected chi connectivity index (χ3v) is 3.54. The zero-order valence-electron chi connectivity index (χ0n) is 12.4. The average molecular weight is 294 g/mol. The summed E-state index contributed by atoms with van der Waals surface area (Å²) in [6.45, 7) is 3.77. The Bertz CT molecular complexity index is 443. The van der Waals surface area contributed by atoms with Gasteiger partial charge in [-0.3, -0.25) is 15.0 Å². The summed E-state index contributed by atoms with van der Waals surface area (Å²) >= 11 is 0. The minimum atomic E-state index is -0.383. The first-order valence-electron chi connectivity index (χ1n) is 7.26. The van der Waals surface area contributed by atoms with Crippen LogP contribution in [0.1, 0.15) is 18.4 Å². The van der Waals surface area contributed by atoms with Crippen LogP contribution in [0.15, 0.2) is 24.3 Å². The second-order valence-electron chi connectivity index (χ2n) is 5.37. The number of likely N-dealkylation sites (N-methyl/N-ethyl adjacent to an activating group) is 1. The summed E-state index contributed by atoms with van der Waals surface area (Å²) in [4.78, 5) is 12.3. The first kappa shape index (κ1) is 15.9. The van der Waals surface area contributed by atoms with Gasteiger partial charge in [0.25, 0.3) is 5.69 Å². The molecule has 1 aliphatic heterocycles. The second-order valence-corrected chi connectivity index (χ2v) is 5.37. The summed E-state index contributed by atoms with van der Waals surface area (Å²) in [6.07, 6.45) is 2.50. The van der Waals surface area contributed by atoms with E-state index in [0.29, 0.717) is 13.2 Å². The molecule has 1 aromatic carbocycles. The lowest BCUT2D eigenvalue weighted by Crippen LogP contribution is -2.24. The van der Waals surface area contributed by atoms with Crippen molar-refractivity contribution in [1.82, 2.24) is 4.90 Å². The van der Waals surface area contributed by atoms with Crippen LogP contribution in [0.2, 0.25) is 0 Å². The molecule has 0 amide bonds. The maximum absolute atomic E-state index is 10.6. The first-order chi connectivity index (χ1) is 10.1. The van der Waals surface area contributed by atoms with Crippen molar-refractivity contribution in [3.63, 3.8) is 0 Å². The van der Waals surface area contributed by atoms with E-state index in [-0.39, 0.29) is 16.7 Å². The van der Waals surface area contributed by atoms with Crippen molar-refractivity contribution < 1.29 is 14.4 Å². The molecule has 0 bridgehead atoms. The number of hydrogen-bond donors (Lipinski definition) is 0. The van der Waals surface area contributed by atoms with Gasteiger partial charge in [-0.25, -0.2) is 0 Å². The minimum Gasteiger partial charge on any atom is -0.377 e. The molecule has 1 fully saturated rings. The highest BCUT2D eigenvalue weighted by Crippen LogP contribution is 2.13. The van der Waals surface area contributed by atoms with Gasteiger partial charge in [-0.05, 0) is 25.5 Å². The zero-order valence-corrected chi connectivity index (χ0v) is 12.4. The lowest BCUT2D eigenvalue weighted by atomic mass is 10.2. The summed E-state index contributed by atoms with van der Waals surface area (Å²) in [7, 11) is 2.01. The van der Waals surface area contributed by atoms with Crippen LogP contribution >= 0.6 is 0 Å². The average Bonchev–Trinajstić information content (AvgIpc) is 2.97. The molecule has 1 aromatic rings. The van der Waals surface area contributed by atoms with Crippen molar-refractivity contribution in [3.8, 4) is 0 Å². The van der Waals surface area contributed by atoms with E-state index in [0.717, 1.165) is 38.1 Å². The molecule has 0 aliphatic carbocycles. The number of nitrogens with zero attached hydrogens (tertiary/aromatic N) is 2. The van der Waals surface area contributed by atoms with Gasteiger partial charge < -0.3 is 9.47 Å². The molecule has 0 spiro atoms. The highest BCUT2D eigenvalue weighted by atomic mass is 16.6. The highest BCUT2D eigenvalue weighted by Gasteiger charge is 2.15. The van der Waals surface area contributed by atoms with E-state index >= 15 is 0 Å². The van der Waals surface area contributed by atoms with Gasteiger partial charge in [0.05, 0.1) is 24.2 Å². The Labute approximate surface area is 124 Å². The molecule has 1 saturated heterocycles. The van der Waals surface area contributed by atoms with Crippen LogP contribution in [0.4, 0.5) is 5.69 Å². The number of non-ortho nitro benzene ring substituents is 1. The molecule has 6 nitrogen and oxygen atoms in total.